The van der Waals surface area contributed by atoms with E-state index in [1.807, 2.05) is 18.2 Å². The number of β-amino-alcohol motifs (C(OH)–C–C–N with tert-alkyl or cyclic N) is 1. The van der Waals surface area contributed by atoms with Gasteiger partial charge in [0.2, 0.25) is 0 Å². The number of nitrogens with zero attached hydrogens (tertiary/aromatic N) is 1. The lowest BCUT2D eigenvalue weighted by molar-refractivity contribution is 0.0302. The van der Waals surface area contributed by atoms with Gasteiger partial charge < -0.3 is 14.7 Å². The lowest BCUT2D eigenvalue weighted by atomic mass is 9.96. The zero-order chi connectivity index (χ0) is 18.0. The number of nitrogens with one attached hydrogen (secondary N) is 1. The molecule has 0 saturated carbocycles. The van der Waals surface area contributed by atoms with E-state index >= 15 is 0 Å². The molecule has 2 aromatic carbocycles. The van der Waals surface area contributed by atoms with Gasteiger partial charge in [0.25, 0.3) is 0 Å². The fourth-order valence-corrected chi connectivity index (χ4v) is 2.75. The third-order valence-electron chi connectivity index (χ3n) is 3.86. The molecule has 1 aliphatic rings. The Balaban J connectivity index is 1.62. The summed E-state index contributed by atoms with van der Waals surface area (Å²) in [6.07, 6.45) is -0.803. The average Bonchev–Trinajstić information content (AvgIpc) is 2.51. The van der Waals surface area contributed by atoms with Crippen LogP contribution in [0.4, 0.5) is 25.0 Å². The van der Waals surface area contributed by atoms with Gasteiger partial charge in [0.15, 0.2) is 11.6 Å². The Morgan fingerprint density at radius 3 is 2.40 bits per heavy atom. The maximum atomic E-state index is 14.2. The van der Waals surface area contributed by atoms with Crippen molar-refractivity contribution in [1.82, 2.24) is 0 Å². The number of carbonyl (C=O) groups excluding carboxylic acids is 1. The Bertz CT molecular complexity index is 750. The number of hydrogen-bond donors (Lipinski definition) is 2. The first-order chi connectivity index (χ1) is 11.8. The zero-order valence-corrected chi connectivity index (χ0v) is 13.6. The van der Waals surface area contributed by atoms with Gasteiger partial charge in [-0.3, -0.25) is 5.32 Å². The number of benzene rings is 2. The molecular weight excluding hydrogens is 330 g/mol. The molecule has 1 saturated heterocycles. The monoisotopic (exact) mass is 348 g/mol. The van der Waals surface area contributed by atoms with Crippen LogP contribution in [0.3, 0.4) is 0 Å². The maximum absolute atomic E-state index is 14.2. The number of amides is 1. The molecule has 0 atom stereocenters. The first-order valence-corrected chi connectivity index (χ1v) is 7.78. The molecule has 0 bridgehead atoms. The van der Waals surface area contributed by atoms with Crippen LogP contribution in [0.1, 0.15) is 12.5 Å². The molecule has 7 heteroatoms. The SMILES string of the molecule is CC1(O)CN(c2c(F)cc(NC(=O)OCc3ccccc3)cc2F)C1. The van der Waals surface area contributed by atoms with Crippen LogP contribution in [-0.2, 0) is 11.3 Å². The Labute approximate surface area is 143 Å². The minimum absolute atomic E-state index is 0.0379. The third kappa shape index (κ3) is 4.06. The second-order valence-corrected chi connectivity index (χ2v) is 6.33. The Morgan fingerprint density at radius 1 is 1.24 bits per heavy atom. The van der Waals surface area contributed by atoms with E-state index in [-0.39, 0.29) is 31.1 Å². The number of anilines is 2. The molecule has 1 amide bonds. The molecule has 0 radical (unpaired) electrons. The first-order valence-electron chi connectivity index (χ1n) is 7.78. The molecule has 0 unspecified atom stereocenters. The van der Waals surface area contributed by atoms with Gasteiger partial charge >= 0.3 is 6.09 Å². The van der Waals surface area contributed by atoms with Gasteiger partial charge in [-0.25, -0.2) is 13.6 Å². The summed E-state index contributed by atoms with van der Waals surface area (Å²) in [5.74, 6) is -1.62. The van der Waals surface area contributed by atoms with Crippen LogP contribution in [0.25, 0.3) is 0 Å². The number of ether oxygens (including phenoxy) is 1. The third-order valence-corrected chi connectivity index (χ3v) is 3.86. The van der Waals surface area contributed by atoms with Crippen LogP contribution in [0.15, 0.2) is 42.5 Å². The van der Waals surface area contributed by atoms with E-state index in [0.29, 0.717) is 0 Å². The van der Waals surface area contributed by atoms with Crippen molar-refractivity contribution in [3.05, 3.63) is 59.7 Å². The minimum atomic E-state index is -0.947. The number of halogens is 2. The summed E-state index contributed by atoms with van der Waals surface area (Å²) in [6, 6.07) is 11.1. The second-order valence-electron chi connectivity index (χ2n) is 6.33. The molecule has 0 aliphatic carbocycles. The Hall–Kier alpha value is -2.67. The molecule has 3 rings (SSSR count). The molecule has 0 spiro atoms. The zero-order valence-electron chi connectivity index (χ0n) is 13.6. The van der Waals surface area contributed by atoms with Crippen LogP contribution in [0, 0.1) is 11.6 Å². The topological polar surface area (TPSA) is 61.8 Å². The Morgan fingerprint density at radius 2 is 1.84 bits per heavy atom. The summed E-state index contributed by atoms with van der Waals surface area (Å²) in [6.45, 7) is 1.94. The molecule has 2 N–H and O–H groups in total. The van der Waals surface area contributed by atoms with Crippen molar-refractivity contribution >= 4 is 17.5 Å². The first kappa shape index (κ1) is 17.2. The number of aliphatic hydroxyl groups is 1. The molecule has 5 nitrogen and oxygen atoms in total. The van der Waals surface area contributed by atoms with Gasteiger partial charge in [-0.1, -0.05) is 30.3 Å². The van der Waals surface area contributed by atoms with Crippen molar-refractivity contribution in [2.24, 2.45) is 0 Å². The maximum Gasteiger partial charge on any atom is 0.411 e. The molecule has 132 valence electrons. The van der Waals surface area contributed by atoms with Gasteiger partial charge in [0, 0.05) is 18.8 Å². The van der Waals surface area contributed by atoms with Gasteiger partial charge in [-0.15, -0.1) is 0 Å². The van der Waals surface area contributed by atoms with E-state index in [1.54, 1.807) is 19.1 Å². The van der Waals surface area contributed by atoms with Crippen molar-refractivity contribution in [1.29, 1.82) is 0 Å². The van der Waals surface area contributed by atoms with Crippen LogP contribution in [-0.4, -0.2) is 29.9 Å². The van der Waals surface area contributed by atoms with Gasteiger partial charge in [-0.05, 0) is 24.6 Å². The van der Waals surface area contributed by atoms with Crippen molar-refractivity contribution in [3.8, 4) is 0 Å². The highest BCUT2D eigenvalue weighted by Crippen LogP contribution is 2.33. The van der Waals surface area contributed by atoms with Crippen LogP contribution >= 0.6 is 0 Å². The predicted octanol–water partition coefficient (Wildman–Crippen LogP) is 3.28. The molecule has 1 heterocycles. The lowest BCUT2D eigenvalue weighted by Gasteiger charge is -2.45. The van der Waals surface area contributed by atoms with Gasteiger partial charge in [-0.2, -0.15) is 0 Å². The highest BCUT2D eigenvalue weighted by atomic mass is 19.1. The van der Waals surface area contributed by atoms with E-state index < -0.39 is 23.3 Å². The number of rotatable bonds is 4. The summed E-state index contributed by atoms with van der Waals surface area (Å²) >= 11 is 0. The van der Waals surface area contributed by atoms with Crippen LogP contribution in [0.2, 0.25) is 0 Å². The van der Waals surface area contributed by atoms with Crippen molar-refractivity contribution in [3.63, 3.8) is 0 Å². The van der Waals surface area contributed by atoms with Crippen molar-refractivity contribution in [2.45, 2.75) is 19.1 Å². The summed E-state index contributed by atoms with van der Waals surface area (Å²) in [7, 11) is 0. The summed E-state index contributed by atoms with van der Waals surface area (Å²) in [4.78, 5) is 13.2. The highest BCUT2D eigenvalue weighted by molar-refractivity contribution is 5.85. The molecule has 1 aliphatic heterocycles. The largest absolute Gasteiger partial charge is 0.444 e. The van der Waals surface area contributed by atoms with E-state index in [4.69, 9.17) is 4.74 Å². The molecule has 0 aromatic heterocycles. The quantitative estimate of drug-likeness (QED) is 0.890. The van der Waals surface area contributed by atoms with Crippen LogP contribution in [0.5, 0.6) is 0 Å². The highest BCUT2D eigenvalue weighted by Gasteiger charge is 2.39. The van der Waals surface area contributed by atoms with Crippen molar-refractivity contribution < 1.29 is 23.4 Å². The second kappa shape index (κ2) is 6.68. The summed E-state index contributed by atoms with van der Waals surface area (Å²) < 4.78 is 33.4. The fraction of sp³-hybridized carbons (Fsp3) is 0.278. The fourth-order valence-electron chi connectivity index (χ4n) is 2.75. The van der Waals surface area contributed by atoms with Gasteiger partial charge in [0.1, 0.15) is 12.3 Å². The smallest absolute Gasteiger partial charge is 0.411 e. The van der Waals surface area contributed by atoms with E-state index in [1.165, 1.54) is 4.90 Å². The van der Waals surface area contributed by atoms with E-state index in [9.17, 15) is 18.7 Å². The average molecular weight is 348 g/mol. The standard InChI is InChI=1S/C18H18F2N2O3/c1-18(24)10-22(11-18)16-14(19)7-13(8-15(16)20)21-17(23)25-9-12-5-3-2-4-6-12/h2-8,24H,9-11H2,1H3,(H,21,23). The summed E-state index contributed by atoms with van der Waals surface area (Å²) in [5.41, 5.74) is -0.397. The van der Waals surface area contributed by atoms with Crippen molar-refractivity contribution in [2.75, 3.05) is 23.3 Å². The molecule has 25 heavy (non-hydrogen) atoms. The van der Waals surface area contributed by atoms with E-state index in [2.05, 4.69) is 5.32 Å². The lowest BCUT2D eigenvalue weighted by Crippen LogP contribution is -2.60. The molecule has 2 aromatic rings. The van der Waals surface area contributed by atoms with Gasteiger partial charge in [0.05, 0.1) is 5.60 Å². The number of hydrogen-bond acceptors (Lipinski definition) is 4. The normalized spacial score (nSPS) is 15.4. The number of carbonyl (C=O) groups is 1. The molecule has 1 fully saturated rings. The Kier molecular flexibility index (Phi) is 4.59. The van der Waals surface area contributed by atoms with Crippen LogP contribution < -0.4 is 10.2 Å². The predicted molar refractivity (Wildman–Crippen MR) is 89.4 cm³/mol. The molecular formula is C18H18F2N2O3. The van der Waals surface area contributed by atoms with E-state index in [0.717, 1.165) is 17.7 Å². The summed E-state index contributed by atoms with van der Waals surface area (Å²) in [5, 5.41) is 12.0. The minimum Gasteiger partial charge on any atom is -0.444 e.